The summed E-state index contributed by atoms with van der Waals surface area (Å²) in [5.74, 6) is -3.79. The molecule has 0 spiro atoms. The molecule has 3 aromatic rings. The Kier molecular flexibility index (Phi) is 4.91. The van der Waals surface area contributed by atoms with E-state index in [1.807, 2.05) is 5.32 Å². The van der Waals surface area contributed by atoms with Gasteiger partial charge in [0.1, 0.15) is 5.82 Å². The number of carbonyl (C=O) groups is 1. The minimum absolute atomic E-state index is 0.0699. The summed E-state index contributed by atoms with van der Waals surface area (Å²) in [6.07, 6.45) is -3.99. The van der Waals surface area contributed by atoms with Gasteiger partial charge in [-0.3, -0.25) is 15.1 Å². The Morgan fingerprint density at radius 1 is 1.19 bits per heavy atom. The Morgan fingerprint density at radius 3 is 2.63 bits per heavy atom. The van der Waals surface area contributed by atoms with Crippen molar-refractivity contribution in [1.29, 1.82) is 0 Å². The molecule has 27 heavy (non-hydrogen) atoms. The number of nitrogens with one attached hydrogen (secondary N) is 1. The van der Waals surface area contributed by atoms with Crippen molar-refractivity contribution in [1.82, 2.24) is 15.1 Å². The number of rotatable bonds is 3. The summed E-state index contributed by atoms with van der Waals surface area (Å²) < 4.78 is 71.2. The second-order valence-electron chi connectivity index (χ2n) is 4.99. The van der Waals surface area contributed by atoms with Gasteiger partial charge in [-0.25, -0.2) is 8.78 Å². The molecule has 0 unspecified atom stereocenters. The summed E-state index contributed by atoms with van der Waals surface area (Å²) in [6, 6.07) is 3.46. The molecular formula is C15H6BrF5N4O2. The van der Waals surface area contributed by atoms with Crippen LogP contribution in [0.3, 0.4) is 0 Å². The Hall–Kier alpha value is -2.89. The van der Waals surface area contributed by atoms with E-state index in [1.165, 1.54) is 0 Å². The molecule has 0 saturated heterocycles. The van der Waals surface area contributed by atoms with E-state index in [1.54, 1.807) is 0 Å². The number of benzene rings is 1. The molecule has 6 nitrogen and oxygen atoms in total. The normalized spacial score (nSPS) is 11.5. The molecule has 12 heteroatoms. The highest BCUT2D eigenvalue weighted by Gasteiger charge is 2.37. The zero-order valence-electron chi connectivity index (χ0n) is 12.8. The number of aromatic nitrogens is 3. The molecular weight excluding hydrogens is 443 g/mol. The molecule has 0 radical (unpaired) electrons. The average Bonchev–Trinajstić information content (AvgIpc) is 3.06. The average molecular weight is 449 g/mol. The summed E-state index contributed by atoms with van der Waals surface area (Å²) in [5.41, 5.74) is -2.83. The highest BCUT2D eigenvalue weighted by molar-refractivity contribution is 9.10. The summed E-state index contributed by atoms with van der Waals surface area (Å²) in [6.45, 7) is 0. The van der Waals surface area contributed by atoms with Gasteiger partial charge in [-0.1, -0.05) is 5.16 Å². The van der Waals surface area contributed by atoms with Gasteiger partial charge < -0.3 is 4.52 Å². The third-order valence-electron chi connectivity index (χ3n) is 3.23. The lowest BCUT2D eigenvalue weighted by Crippen LogP contribution is -2.20. The van der Waals surface area contributed by atoms with Crippen LogP contribution in [0.2, 0.25) is 0 Å². The zero-order chi connectivity index (χ0) is 19.8. The predicted molar refractivity (Wildman–Crippen MR) is 84.5 cm³/mol. The number of alkyl halides is 3. The number of carbonyl (C=O) groups excluding carboxylic acids is 1. The highest BCUT2D eigenvalue weighted by atomic mass is 79.9. The fourth-order valence-electron chi connectivity index (χ4n) is 2.09. The van der Waals surface area contributed by atoms with Gasteiger partial charge in [0.05, 0.1) is 15.6 Å². The van der Waals surface area contributed by atoms with Gasteiger partial charge in [-0.15, -0.1) is 0 Å². The Morgan fingerprint density at radius 2 is 1.93 bits per heavy atom. The number of halogens is 6. The van der Waals surface area contributed by atoms with Crippen molar-refractivity contribution in [3.8, 4) is 11.4 Å². The van der Waals surface area contributed by atoms with E-state index in [4.69, 9.17) is 0 Å². The number of anilines is 1. The second kappa shape index (κ2) is 7.02. The minimum Gasteiger partial charge on any atom is -0.315 e. The first-order chi connectivity index (χ1) is 12.7. The van der Waals surface area contributed by atoms with Crippen LogP contribution >= 0.6 is 15.9 Å². The largest absolute Gasteiger partial charge is 0.434 e. The van der Waals surface area contributed by atoms with Crippen LogP contribution in [0.25, 0.3) is 11.4 Å². The molecule has 0 aliphatic rings. The van der Waals surface area contributed by atoms with Crippen molar-refractivity contribution >= 4 is 27.9 Å². The maximum atomic E-state index is 14.0. The number of nitrogens with zero attached hydrogens (tertiary/aromatic N) is 3. The molecule has 1 aromatic carbocycles. The molecule has 0 atom stereocenters. The first-order valence-corrected chi connectivity index (χ1v) is 7.79. The van der Waals surface area contributed by atoms with Gasteiger partial charge in [-0.2, -0.15) is 18.2 Å². The molecule has 0 aliphatic carbocycles. The fourth-order valence-corrected chi connectivity index (χ4v) is 2.42. The molecule has 0 fully saturated rings. The van der Waals surface area contributed by atoms with Crippen LogP contribution in [0.5, 0.6) is 0 Å². The van der Waals surface area contributed by atoms with Crippen LogP contribution in [-0.4, -0.2) is 21.0 Å². The topological polar surface area (TPSA) is 80.9 Å². The van der Waals surface area contributed by atoms with Crippen molar-refractivity contribution < 1.29 is 31.3 Å². The van der Waals surface area contributed by atoms with Crippen LogP contribution < -0.4 is 5.32 Å². The highest BCUT2D eigenvalue weighted by Crippen LogP contribution is 2.31. The first kappa shape index (κ1) is 18.9. The van der Waals surface area contributed by atoms with Crippen LogP contribution in [0, 0.1) is 11.6 Å². The van der Waals surface area contributed by atoms with Crippen molar-refractivity contribution in [2.75, 3.05) is 5.32 Å². The smallest absolute Gasteiger partial charge is 0.315 e. The number of hydrogen-bond donors (Lipinski definition) is 1. The van der Waals surface area contributed by atoms with Crippen LogP contribution in [0.4, 0.5) is 28.0 Å². The molecule has 2 aromatic heterocycles. The van der Waals surface area contributed by atoms with Crippen molar-refractivity contribution in [3.63, 3.8) is 0 Å². The van der Waals surface area contributed by atoms with Gasteiger partial charge in [-0.05, 0) is 40.2 Å². The lowest BCUT2D eigenvalue weighted by molar-refractivity contribution is -0.141. The fraction of sp³-hybridized carbons (Fsp3) is 0.0667. The van der Waals surface area contributed by atoms with Crippen molar-refractivity contribution in [3.05, 3.63) is 57.8 Å². The van der Waals surface area contributed by atoms with Crippen LogP contribution in [-0.2, 0) is 6.18 Å². The van der Waals surface area contributed by atoms with Gasteiger partial charge in [0, 0.05) is 6.20 Å². The quantitative estimate of drug-likeness (QED) is 0.473. The third-order valence-corrected chi connectivity index (χ3v) is 3.85. The SMILES string of the molecule is O=C(Nc1nc(-c2c(F)ccc(Br)c2F)no1)c1cccnc1C(F)(F)F. The minimum atomic E-state index is -4.86. The Bertz CT molecular complexity index is 1020. The molecule has 2 heterocycles. The third kappa shape index (κ3) is 3.79. The maximum Gasteiger partial charge on any atom is 0.434 e. The summed E-state index contributed by atoms with van der Waals surface area (Å²) in [7, 11) is 0. The zero-order valence-corrected chi connectivity index (χ0v) is 14.4. The molecule has 1 N–H and O–H groups in total. The van der Waals surface area contributed by atoms with E-state index < -0.39 is 52.4 Å². The lowest BCUT2D eigenvalue weighted by atomic mass is 10.1. The van der Waals surface area contributed by atoms with E-state index in [2.05, 4.69) is 35.6 Å². The standard InChI is InChI=1S/C15H6BrF5N4O2/c16-7-3-4-8(17)9(10(7)18)12-23-14(27-25-12)24-13(26)6-2-1-5-22-11(6)15(19,20)21/h1-5H,(H,23,24,25,26). The van der Waals surface area contributed by atoms with E-state index in [-0.39, 0.29) is 4.47 Å². The van der Waals surface area contributed by atoms with E-state index in [0.717, 1.165) is 30.5 Å². The number of amides is 1. The molecule has 1 amide bonds. The monoisotopic (exact) mass is 448 g/mol. The predicted octanol–water partition coefficient (Wildman–Crippen LogP) is 4.44. The van der Waals surface area contributed by atoms with Crippen molar-refractivity contribution in [2.24, 2.45) is 0 Å². The van der Waals surface area contributed by atoms with Gasteiger partial charge in [0.25, 0.3) is 5.91 Å². The van der Waals surface area contributed by atoms with Gasteiger partial charge in [0.15, 0.2) is 11.5 Å². The van der Waals surface area contributed by atoms with E-state index >= 15 is 0 Å². The van der Waals surface area contributed by atoms with Gasteiger partial charge >= 0.3 is 12.2 Å². The summed E-state index contributed by atoms with van der Waals surface area (Å²) in [4.78, 5) is 18.8. The molecule has 140 valence electrons. The van der Waals surface area contributed by atoms with E-state index in [0.29, 0.717) is 0 Å². The van der Waals surface area contributed by atoms with E-state index in [9.17, 15) is 26.7 Å². The summed E-state index contributed by atoms with van der Waals surface area (Å²) >= 11 is 2.87. The number of pyridine rings is 1. The van der Waals surface area contributed by atoms with Gasteiger partial charge in [0.2, 0.25) is 5.82 Å². The molecule has 3 rings (SSSR count). The first-order valence-electron chi connectivity index (χ1n) is 6.99. The van der Waals surface area contributed by atoms with Crippen LogP contribution in [0.15, 0.2) is 39.5 Å². The lowest BCUT2D eigenvalue weighted by Gasteiger charge is -2.09. The summed E-state index contributed by atoms with van der Waals surface area (Å²) in [5, 5.41) is 5.27. The number of hydrogen-bond acceptors (Lipinski definition) is 5. The Balaban J connectivity index is 1.90. The maximum absolute atomic E-state index is 14.0. The van der Waals surface area contributed by atoms with Crippen LogP contribution in [0.1, 0.15) is 16.1 Å². The molecule has 0 aliphatic heterocycles. The Labute approximate surface area is 155 Å². The molecule has 0 saturated carbocycles. The molecule has 0 bridgehead atoms. The van der Waals surface area contributed by atoms with Crippen molar-refractivity contribution in [2.45, 2.75) is 6.18 Å². The second-order valence-corrected chi connectivity index (χ2v) is 5.85.